The molecule has 2 aliphatic heterocycles. The van der Waals surface area contributed by atoms with Crippen LogP contribution in [0.15, 0.2) is 5.10 Å². The summed E-state index contributed by atoms with van der Waals surface area (Å²) in [6, 6.07) is -0.333. The standard InChI is InChI=1S/C21H31N3O4S/c1-13(21-9-14-6-15(10-21)8-16(7-14)11-21)22-20(26)18-2-3-19(25)24(23-18)17-4-5-29(27,28)12-17/h13-17H,2-12H2,1H3,(H,22,26)/t13-,14?,15?,16?,17-,21?/m0/s1. The molecule has 1 saturated heterocycles. The Hall–Kier alpha value is -1.44. The van der Waals surface area contributed by atoms with E-state index < -0.39 is 15.9 Å². The zero-order valence-electron chi connectivity index (χ0n) is 17.1. The number of hydrogen-bond donors (Lipinski definition) is 1. The quantitative estimate of drug-likeness (QED) is 0.750. The zero-order chi connectivity index (χ0) is 20.4. The first-order chi connectivity index (χ1) is 13.7. The summed E-state index contributed by atoms with van der Waals surface area (Å²) in [5.74, 6) is 2.13. The van der Waals surface area contributed by atoms with Crippen LogP contribution in [0.3, 0.4) is 0 Å². The van der Waals surface area contributed by atoms with Crippen molar-refractivity contribution in [1.29, 1.82) is 0 Å². The van der Waals surface area contributed by atoms with Crippen LogP contribution in [0, 0.1) is 23.2 Å². The molecule has 0 unspecified atom stereocenters. The smallest absolute Gasteiger partial charge is 0.267 e. The average molecular weight is 422 g/mol. The summed E-state index contributed by atoms with van der Waals surface area (Å²) in [6.45, 7) is 2.14. The maximum Gasteiger partial charge on any atom is 0.267 e. The predicted molar refractivity (Wildman–Crippen MR) is 109 cm³/mol. The van der Waals surface area contributed by atoms with E-state index in [4.69, 9.17) is 0 Å². The first-order valence-electron chi connectivity index (χ1n) is 11.1. The fourth-order valence-electron chi connectivity index (χ4n) is 7.13. The van der Waals surface area contributed by atoms with Crippen molar-refractivity contribution >= 4 is 27.4 Å². The first kappa shape index (κ1) is 19.5. The van der Waals surface area contributed by atoms with E-state index in [-0.39, 0.29) is 41.2 Å². The van der Waals surface area contributed by atoms with Crippen molar-refractivity contribution in [3.63, 3.8) is 0 Å². The van der Waals surface area contributed by atoms with Gasteiger partial charge in [-0.15, -0.1) is 0 Å². The van der Waals surface area contributed by atoms with E-state index in [9.17, 15) is 18.0 Å². The predicted octanol–water partition coefficient (Wildman–Crippen LogP) is 1.87. The minimum Gasteiger partial charge on any atom is -0.348 e. The fraction of sp³-hybridized carbons (Fsp3) is 0.857. The molecule has 2 heterocycles. The molecule has 0 aromatic carbocycles. The van der Waals surface area contributed by atoms with E-state index >= 15 is 0 Å². The van der Waals surface area contributed by atoms with Crippen LogP contribution >= 0.6 is 0 Å². The molecule has 1 N–H and O–H groups in total. The number of amides is 2. The van der Waals surface area contributed by atoms with E-state index in [2.05, 4.69) is 17.3 Å². The Balaban J connectivity index is 1.29. The van der Waals surface area contributed by atoms with Gasteiger partial charge in [0.25, 0.3) is 5.91 Å². The molecule has 6 rings (SSSR count). The number of nitrogens with zero attached hydrogens (tertiary/aromatic N) is 2. The van der Waals surface area contributed by atoms with Gasteiger partial charge in [-0.2, -0.15) is 5.10 Å². The highest BCUT2D eigenvalue weighted by Gasteiger charge is 2.53. The number of rotatable bonds is 4. The number of carbonyl (C=O) groups is 2. The molecule has 4 aliphatic carbocycles. The van der Waals surface area contributed by atoms with Crippen molar-refractivity contribution in [2.24, 2.45) is 28.3 Å². The summed E-state index contributed by atoms with van der Waals surface area (Å²) in [5.41, 5.74) is 0.583. The van der Waals surface area contributed by atoms with Crippen LogP contribution in [0.1, 0.15) is 64.7 Å². The van der Waals surface area contributed by atoms with Crippen molar-refractivity contribution < 1.29 is 18.0 Å². The molecule has 0 radical (unpaired) electrons. The van der Waals surface area contributed by atoms with Gasteiger partial charge in [-0.25, -0.2) is 13.4 Å². The second-order valence-corrected chi connectivity index (χ2v) is 12.5. The van der Waals surface area contributed by atoms with Crippen LogP contribution in [0.2, 0.25) is 0 Å². The topological polar surface area (TPSA) is 95.9 Å². The molecule has 0 aromatic heterocycles. The highest BCUT2D eigenvalue weighted by molar-refractivity contribution is 7.91. The monoisotopic (exact) mass is 421 g/mol. The third-order valence-electron chi connectivity index (χ3n) is 8.23. The van der Waals surface area contributed by atoms with Gasteiger partial charge in [0.15, 0.2) is 9.84 Å². The van der Waals surface area contributed by atoms with Gasteiger partial charge in [0.2, 0.25) is 5.91 Å². The summed E-state index contributed by atoms with van der Waals surface area (Å²) in [5, 5.41) is 8.83. The lowest BCUT2D eigenvalue weighted by molar-refractivity contribution is -0.133. The summed E-state index contributed by atoms with van der Waals surface area (Å²) in [7, 11) is -3.11. The second kappa shape index (κ2) is 6.79. The van der Waals surface area contributed by atoms with E-state index in [0.29, 0.717) is 18.6 Å². The molecule has 2 atom stereocenters. The van der Waals surface area contributed by atoms with E-state index in [1.165, 1.54) is 43.5 Å². The molecule has 0 aromatic rings. The Morgan fingerprint density at radius 2 is 1.76 bits per heavy atom. The lowest BCUT2D eigenvalue weighted by atomic mass is 9.48. The molecule has 7 nitrogen and oxygen atoms in total. The third-order valence-corrected chi connectivity index (χ3v) is 9.98. The van der Waals surface area contributed by atoms with Crippen molar-refractivity contribution in [1.82, 2.24) is 10.3 Å². The second-order valence-electron chi connectivity index (χ2n) is 10.3. The Bertz CT molecular complexity index is 830. The lowest BCUT2D eigenvalue weighted by Gasteiger charge is -2.59. The number of sulfone groups is 1. The van der Waals surface area contributed by atoms with Crippen molar-refractivity contribution in [2.45, 2.75) is 76.8 Å². The van der Waals surface area contributed by atoms with E-state index in [1.807, 2.05) is 0 Å². The largest absolute Gasteiger partial charge is 0.348 e. The summed E-state index contributed by atoms with van der Waals surface area (Å²) in [6.07, 6.45) is 8.71. The summed E-state index contributed by atoms with van der Waals surface area (Å²) in [4.78, 5) is 25.3. The van der Waals surface area contributed by atoms with Gasteiger partial charge in [-0.1, -0.05) is 0 Å². The van der Waals surface area contributed by atoms with E-state index in [1.54, 1.807) is 0 Å². The minimum absolute atomic E-state index is 0.0547. The zero-order valence-corrected chi connectivity index (χ0v) is 17.9. The summed E-state index contributed by atoms with van der Waals surface area (Å²) < 4.78 is 23.6. The fourth-order valence-corrected chi connectivity index (χ4v) is 8.82. The van der Waals surface area contributed by atoms with Crippen LogP contribution in [-0.4, -0.2) is 54.5 Å². The normalized spacial score (nSPS) is 41.3. The van der Waals surface area contributed by atoms with E-state index in [0.717, 1.165) is 17.8 Å². The van der Waals surface area contributed by atoms with Crippen LogP contribution in [0.4, 0.5) is 0 Å². The number of hydrazone groups is 1. The highest BCUT2D eigenvalue weighted by atomic mass is 32.2. The Morgan fingerprint density at radius 1 is 1.14 bits per heavy atom. The van der Waals surface area contributed by atoms with Gasteiger partial charge in [0.1, 0.15) is 5.71 Å². The molecule has 29 heavy (non-hydrogen) atoms. The van der Waals surface area contributed by atoms with Crippen LogP contribution in [-0.2, 0) is 19.4 Å². The molecule has 8 heteroatoms. The molecule has 5 fully saturated rings. The van der Waals surface area contributed by atoms with Crippen LogP contribution in [0.25, 0.3) is 0 Å². The van der Waals surface area contributed by atoms with Gasteiger partial charge in [0.05, 0.1) is 17.5 Å². The van der Waals surface area contributed by atoms with Gasteiger partial charge < -0.3 is 5.32 Å². The lowest BCUT2D eigenvalue weighted by Crippen LogP contribution is -2.57. The highest BCUT2D eigenvalue weighted by Crippen LogP contribution is 2.61. The molecule has 2 amide bonds. The Kier molecular flexibility index (Phi) is 4.57. The van der Waals surface area contributed by atoms with Gasteiger partial charge >= 0.3 is 0 Å². The van der Waals surface area contributed by atoms with Gasteiger partial charge in [-0.3, -0.25) is 9.59 Å². The van der Waals surface area contributed by atoms with Crippen molar-refractivity contribution in [3.8, 4) is 0 Å². The minimum atomic E-state index is -3.11. The van der Waals surface area contributed by atoms with Crippen molar-refractivity contribution in [3.05, 3.63) is 0 Å². The number of nitrogens with one attached hydrogen (secondary N) is 1. The number of carbonyl (C=O) groups excluding carboxylic acids is 2. The third kappa shape index (κ3) is 3.51. The SMILES string of the molecule is C[C@H](NC(=O)C1=NN([C@H]2CCS(=O)(=O)C2)C(=O)CC1)C12CC3CC(CC(C3)C1)C2. The molecular weight excluding hydrogens is 390 g/mol. The first-order valence-corrected chi connectivity index (χ1v) is 13.0. The maximum atomic E-state index is 13.0. The van der Waals surface area contributed by atoms with Gasteiger partial charge in [-0.05, 0) is 75.0 Å². The molecular formula is C21H31N3O4S. The Morgan fingerprint density at radius 3 is 2.31 bits per heavy atom. The average Bonchev–Trinajstić information content (AvgIpc) is 3.00. The van der Waals surface area contributed by atoms with Crippen LogP contribution < -0.4 is 5.32 Å². The molecule has 6 aliphatic rings. The van der Waals surface area contributed by atoms with Gasteiger partial charge in [0, 0.05) is 18.9 Å². The van der Waals surface area contributed by atoms with Crippen LogP contribution in [0.5, 0.6) is 0 Å². The number of hydrogen-bond acceptors (Lipinski definition) is 5. The maximum absolute atomic E-state index is 13.0. The van der Waals surface area contributed by atoms with Crippen molar-refractivity contribution in [2.75, 3.05) is 11.5 Å². The summed E-state index contributed by atoms with van der Waals surface area (Å²) >= 11 is 0. The Labute approximate surface area is 172 Å². The molecule has 0 spiro atoms. The molecule has 4 bridgehead atoms. The molecule has 160 valence electrons. The molecule has 4 saturated carbocycles.